The third-order valence-electron chi connectivity index (χ3n) is 2.24. The van der Waals surface area contributed by atoms with Crippen molar-refractivity contribution >= 4 is 28.1 Å². The zero-order chi connectivity index (χ0) is 11.8. The van der Waals surface area contributed by atoms with Crippen LogP contribution in [0.3, 0.4) is 0 Å². The largest absolute Gasteiger partial charge is 0.390 e. The van der Waals surface area contributed by atoms with E-state index in [1.165, 1.54) is 23.1 Å². The zero-order valence-electron chi connectivity index (χ0n) is 8.81. The van der Waals surface area contributed by atoms with Crippen molar-refractivity contribution in [1.82, 2.24) is 29.6 Å². The van der Waals surface area contributed by atoms with E-state index in [1.54, 1.807) is 11.7 Å². The molecule has 17 heavy (non-hydrogen) atoms. The van der Waals surface area contributed by atoms with E-state index in [1.807, 2.05) is 16.0 Å². The maximum Gasteiger partial charge on any atom is 0.215 e. The summed E-state index contributed by atoms with van der Waals surface area (Å²) >= 11 is 2.87. The van der Waals surface area contributed by atoms with Crippen LogP contribution in [0.4, 0.5) is 0 Å². The Kier molecular flexibility index (Phi) is 2.57. The predicted octanol–water partition coefficient (Wildman–Crippen LogP) is 0.563. The van der Waals surface area contributed by atoms with E-state index < -0.39 is 0 Å². The number of thiazole rings is 1. The molecule has 3 heterocycles. The zero-order valence-corrected chi connectivity index (χ0v) is 10.4. The van der Waals surface area contributed by atoms with Crippen molar-refractivity contribution in [2.45, 2.75) is 16.8 Å². The first-order chi connectivity index (χ1) is 8.29. The Bertz CT molecular complexity index is 656. The molecule has 0 saturated carbocycles. The van der Waals surface area contributed by atoms with E-state index in [0.29, 0.717) is 5.16 Å². The summed E-state index contributed by atoms with van der Waals surface area (Å²) in [7, 11) is 1.76. The van der Waals surface area contributed by atoms with E-state index in [2.05, 4.69) is 20.5 Å². The number of aliphatic hydroxyl groups excluding tert-OH is 1. The van der Waals surface area contributed by atoms with Gasteiger partial charge in [0.25, 0.3) is 0 Å². The van der Waals surface area contributed by atoms with Crippen molar-refractivity contribution in [3.63, 3.8) is 0 Å². The molecule has 3 aromatic heterocycles. The van der Waals surface area contributed by atoms with E-state index in [9.17, 15) is 5.11 Å². The van der Waals surface area contributed by atoms with Crippen molar-refractivity contribution in [2.75, 3.05) is 0 Å². The van der Waals surface area contributed by atoms with Crippen LogP contribution in [-0.4, -0.2) is 34.7 Å². The lowest BCUT2D eigenvalue weighted by molar-refractivity contribution is 0.272. The highest BCUT2D eigenvalue weighted by atomic mass is 32.2. The summed E-state index contributed by atoms with van der Waals surface area (Å²) < 4.78 is 3.44. The second-order valence-electron chi connectivity index (χ2n) is 3.26. The molecular formula is C8H8N6OS2. The molecule has 7 nitrogen and oxygen atoms in total. The summed E-state index contributed by atoms with van der Waals surface area (Å²) in [6, 6.07) is 0. The fraction of sp³-hybridized carbons (Fsp3) is 0.250. The lowest BCUT2D eigenvalue weighted by Crippen LogP contribution is -1.95. The molecule has 0 bridgehead atoms. The summed E-state index contributed by atoms with van der Waals surface area (Å²) in [5.74, 6) is 0. The number of rotatable bonds is 3. The van der Waals surface area contributed by atoms with E-state index in [-0.39, 0.29) is 6.61 Å². The lowest BCUT2D eigenvalue weighted by atomic mass is 10.5. The summed E-state index contributed by atoms with van der Waals surface area (Å²) in [5.41, 5.74) is 0.759. The second-order valence-corrected chi connectivity index (χ2v) is 5.09. The van der Waals surface area contributed by atoms with Crippen LogP contribution < -0.4 is 0 Å². The minimum atomic E-state index is -0.0640. The molecule has 3 aromatic rings. The van der Waals surface area contributed by atoms with Crippen LogP contribution in [0, 0.1) is 0 Å². The highest BCUT2D eigenvalue weighted by Gasteiger charge is 2.16. The fourth-order valence-corrected chi connectivity index (χ4v) is 3.05. The summed E-state index contributed by atoms with van der Waals surface area (Å²) in [5, 5.41) is 23.9. The number of fused-ring (bicyclic) bond motifs is 1. The second kappa shape index (κ2) is 4.09. The highest BCUT2D eigenvalue weighted by Crippen LogP contribution is 2.29. The molecule has 9 heteroatoms. The first-order valence-corrected chi connectivity index (χ1v) is 6.44. The molecule has 0 radical (unpaired) electrons. The minimum absolute atomic E-state index is 0.0640. The van der Waals surface area contributed by atoms with Crippen LogP contribution >= 0.6 is 23.1 Å². The van der Waals surface area contributed by atoms with Gasteiger partial charge in [0.2, 0.25) is 5.16 Å². The van der Waals surface area contributed by atoms with Crippen LogP contribution in [0.1, 0.15) is 5.69 Å². The third kappa shape index (κ3) is 1.72. The van der Waals surface area contributed by atoms with Crippen molar-refractivity contribution in [3.8, 4) is 0 Å². The molecule has 88 valence electrons. The SMILES string of the molecule is Cn1nnnc1Sc1nc2sccn2c1CO. The molecule has 0 unspecified atom stereocenters. The lowest BCUT2D eigenvalue weighted by Gasteiger charge is -1.98. The number of nitrogens with zero attached hydrogens (tertiary/aromatic N) is 6. The standard InChI is InChI=1S/C8H8N6OS2/c1-13-8(10-11-12-13)17-6-5(4-15)14-2-3-16-7(14)9-6/h2-3,15H,4H2,1H3. The maximum atomic E-state index is 9.39. The van der Waals surface area contributed by atoms with Gasteiger partial charge in [-0.3, -0.25) is 4.40 Å². The molecule has 0 aliphatic rings. The molecule has 0 atom stereocenters. The number of aliphatic hydroxyl groups is 1. The van der Waals surface area contributed by atoms with Gasteiger partial charge in [0.1, 0.15) is 5.03 Å². The van der Waals surface area contributed by atoms with Crippen LogP contribution in [0.2, 0.25) is 0 Å². The van der Waals surface area contributed by atoms with E-state index >= 15 is 0 Å². The van der Waals surface area contributed by atoms with E-state index in [4.69, 9.17) is 0 Å². The molecule has 0 saturated heterocycles. The first-order valence-electron chi connectivity index (χ1n) is 4.75. The van der Waals surface area contributed by atoms with Crippen LogP contribution in [0.15, 0.2) is 21.8 Å². The average molecular weight is 268 g/mol. The van der Waals surface area contributed by atoms with Crippen LogP contribution in [-0.2, 0) is 13.7 Å². The van der Waals surface area contributed by atoms with Gasteiger partial charge >= 0.3 is 0 Å². The van der Waals surface area contributed by atoms with Crippen LogP contribution in [0.25, 0.3) is 4.96 Å². The third-order valence-corrected chi connectivity index (χ3v) is 4.05. The highest BCUT2D eigenvalue weighted by molar-refractivity contribution is 7.99. The molecule has 1 N–H and O–H groups in total. The van der Waals surface area contributed by atoms with Crippen molar-refractivity contribution in [3.05, 3.63) is 17.3 Å². The summed E-state index contributed by atoms with van der Waals surface area (Å²) in [6.45, 7) is -0.0640. The van der Waals surface area contributed by atoms with Crippen molar-refractivity contribution in [1.29, 1.82) is 0 Å². The Morgan fingerprint density at radius 2 is 2.41 bits per heavy atom. The van der Waals surface area contributed by atoms with Gasteiger partial charge < -0.3 is 5.11 Å². The topological polar surface area (TPSA) is 81.1 Å². The van der Waals surface area contributed by atoms with Crippen molar-refractivity contribution in [2.24, 2.45) is 7.05 Å². The van der Waals surface area contributed by atoms with Gasteiger partial charge in [-0.15, -0.1) is 16.4 Å². The van der Waals surface area contributed by atoms with Gasteiger partial charge in [-0.1, -0.05) is 0 Å². The quantitative estimate of drug-likeness (QED) is 0.747. The smallest absolute Gasteiger partial charge is 0.215 e. The predicted molar refractivity (Wildman–Crippen MR) is 61.9 cm³/mol. The van der Waals surface area contributed by atoms with Gasteiger partial charge in [0, 0.05) is 18.6 Å². The molecule has 3 rings (SSSR count). The van der Waals surface area contributed by atoms with Gasteiger partial charge in [0.05, 0.1) is 12.3 Å². The Labute approximate surface area is 104 Å². The summed E-state index contributed by atoms with van der Waals surface area (Å²) in [6.07, 6.45) is 1.89. The fourth-order valence-electron chi connectivity index (χ4n) is 1.43. The Balaban J connectivity index is 2.05. The monoisotopic (exact) mass is 268 g/mol. The number of hydrogen-bond acceptors (Lipinski definition) is 7. The number of imidazole rings is 1. The van der Waals surface area contributed by atoms with Gasteiger partial charge in [-0.2, -0.15) is 0 Å². The average Bonchev–Trinajstić information content (AvgIpc) is 2.96. The molecule has 0 spiro atoms. The van der Waals surface area contributed by atoms with E-state index in [0.717, 1.165) is 15.7 Å². The first kappa shape index (κ1) is 10.7. The number of aryl methyl sites for hydroxylation is 1. The van der Waals surface area contributed by atoms with Gasteiger partial charge in [-0.25, -0.2) is 9.67 Å². The Morgan fingerprint density at radius 3 is 3.12 bits per heavy atom. The van der Waals surface area contributed by atoms with Crippen LogP contribution in [0.5, 0.6) is 0 Å². The Morgan fingerprint density at radius 1 is 1.53 bits per heavy atom. The number of tetrazole rings is 1. The van der Waals surface area contributed by atoms with Gasteiger partial charge in [0.15, 0.2) is 4.96 Å². The molecule has 0 aliphatic carbocycles. The summed E-state index contributed by atoms with van der Waals surface area (Å²) in [4.78, 5) is 5.29. The van der Waals surface area contributed by atoms with Gasteiger partial charge in [-0.05, 0) is 22.2 Å². The molecule has 0 aliphatic heterocycles. The molecule has 0 amide bonds. The normalized spacial score (nSPS) is 11.4. The number of hydrogen-bond donors (Lipinski definition) is 1. The molecule has 0 fully saturated rings. The molecule has 0 aromatic carbocycles. The van der Waals surface area contributed by atoms with Crippen molar-refractivity contribution < 1.29 is 5.11 Å². The number of aromatic nitrogens is 6. The maximum absolute atomic E-state index is 9.39. The Hall–Kier alpha value is -1.45. The minimum Gasteiger partial charge on any atom is -0.390 e. The molecular weight excluding hydrogens is 260 g/mol.